The molecule has 0 spiro atoms. The zero-order chi connectivity index (χ0) is 17.4. The predicted molar refractivity (Wildman–Crippen MR) is 101 cm³/mol. The normalized spacial score (nSPS) is 13.7. The fourth-order valence-electron chi connectivity index (χ4n) is 2.73. The Morgan fingerprint density at radius 3 is 2.17 bits per heavy atom. The van der Waals surface area contributed by atoms with E-state index in [1.54, 1.807) is 6.92 Å². The second-order valence-corrected chi connectivity index (χ2v) is 8.68. The van der Waals surface area contributed by atoms with Gasteiger partial charge in [0, 0.05) is 10.9 Å². The molecule has 2 aromatic carbocycles. The van der Waals surface area contributed by atoms with Crippen LogP contribution in [0.3, 0.4) is 0 Å². The van der Waals surface area contributed by atoms with E-state index in [1.165, 1.54) is 0 Å². The van der Waals surface area contributed by atoms with Crippen LogP contribution in [0.1, 0.15) is 56.1 Å². The molecule has 0 radical (unpaired) electrons. The first-order chi connectivity index (χ1) is 10.6. The Kier molecular flexibility index (Phi) is 5.18. The minimum absolute atomic E-state index is 0.101. The van der Waals surface area contributed by atoms with Crippen molar-refractivity contribution in [2.75, 3.05) is 0 Å². The number of phenolic OH excluding ortho intramolecular Hbond substituents is 1. The summed E-state index contributed by atoms with van der Waals surface area (Å²) in [5.41, 5.74) is 4.11. The van der Waals surface area contributed by atoms with E-state index >= 15 is 0 Å². The average molecular weight is 330 g/mol. The highest BCUT2D eigenvalue weighted by Crippen LogP contribution is 2.33. The Morgan fingerprint density at radius 1 is 0.957 bits per heavy atom. The first kappa shape index (κ1) is 18.0. The maximum Gasteiger partial charge on any atom is 0.127 e. The Labute approximate surface area is 141 Å². The van der Waals surface area contributed by atoms with E-state index in [1.807, 2.05) is 13.0 Å². The van der Waals surface area contributed by atoms with E-state index in [4.69, 9.17) is 0 Å². The molecule has 0 aliphatic carbocycles. The van der Waals surface area contributed by atoms with Crippen LogP contribution in [-0.4, -0.2) is 10.2 Å². The van der Waals surface area contributed by atoms with Crippen molar-refractivity contribution in [1.82, 2.24) is 0 Å². The number of aryl methyl sites for hydroxylation is 2. The van der Waals surface area contributed by atoms with Gasteiger partial charge in [0.25, 0.3) is 0 Å². The molecule has 124 valence electrons. The summed E-state index contributed by atoms with van der Waals surface area (Å²) >= 11 is 0. The number of aliphatic hydroxyl groups excluding tert-OH is 1. The molecule has 0 amide bonds. The molecule has 2 N–H and O–H groups in total. The molecule has 0 heterocycles. The lowest BCUT2D eigenvalue weighted by molar-refractivity contribution is 0.200. The van der Waals surface area contributed by atoms with Gasteiger partial charge in [-0.2, -0.15) is 0 Å². The summed E-state index contributed by atoms with van der Waals surface area (Å²) in [5, 5.41) is 22.8. The molecular weight excluding hydrogens is 303 g/mol. The van der Waals surface area contributed by atoms with Gasteiger partial charge >= 0.3 is 0 Å². The third kappa shape index (κ3) is 4.13. The van der Waals surface area contributed by atoms with Gasteiger partial charge < -0.3 is 10.2 Å². The number of hydrogen-bond acceptors (Lipinski definition) is 2. The molecule has 0 aromatic heterocycles. The molecule has 0 fully saturated rings. The molecule has 0 bridgehead atoms. The number of benzene rings is 2. The summed E-state index contributed by atoms with van der Waals surface area (Å²) in [5.74, 6) is 0.388. The van der Waals surface area contributed by atoms with Crippen LogP contribution in [0.2, 0.25) is 0 Å². The van der Waals surface area contributed by atoms with E-state index in [0.29, 0.717) is 14.3 Å². The van der Waals surface area contributed by atoms with E-state index in [2.05, 4.69) is 52.0 Å². The standard InChI is InChI=1S/C20H27O2P/c1-12-7-8-17(15(9-12)14(3)21)23-18-11-13(2)10-16(19(18)22)20(4,5)6/h7-11,14,21-23H,1-6H3. The van der Waals surface area contributed by atoms with Crippen LogP contribution in [0.15, 0.2) is 30.3 Å². The lowest BCUT2D eigenvalue weighted by Crippen LogP contribution is -2.17. The van der Waals surface area contributed by atoms with Crippen LogP contribution in [0.25, 0.3) is 0 Å². The minimum Gasteiger partial charge on any atom is -0.507 e. The molecule has 2 aromatic rings. The van der Waals surface area contributed by atoms with E-state index < -0.39 is 6.10 Å². The van der Waals surface area contributed by atoms with Crippen molar-refractivity contribution in [3.63, 3.8) is 0 Å². The Morgan fingerprint density at radius 2 is 1.61 bits per heavy atom. The van der Waals surface area contributed by atoms with Gasteiger partial charge in [-0.05, 0) is 48.7 Å². The zero-order valence-corrected chi connectivity index (χ0v) is 15.9. The summed E-state index contributed by atoms with van der Waals surface area (Å²) in [6.07, 6.45) is -0.508. The predicted octanol–water partition coefficient (Wildman–Crippen LogP) is 3.99. The maximum absolute atomic E-state index is 10.7. The van der Waals surface area contributed by atoms with Crippen LogP contribution in [-0.2, 0) is 5.41 Å². The second-order valence-electron chi connectivity index (χ2n) is 7.35. The summed E-state index contributed by atoms with van der Waals surface area (Å²) in [4.78, 5) is 0. The maximum atomic E-state index is 10.7. The van der Waals surface area contributed by atoms with Crippen molar-refractivity contribution >= 4 is 19.2 Å². The first-order valence-corrected chi connectivity index (χ1v) is 8.99. The quantitative estimate of drug-likeness (QED) is 0.836. The third-order valence-corrected chi connectivity index (χ3v) is 5.36. The molecule has 2 nitrogen and oxygen atoms in total. The highest BCUT2D eigenvalue weighted by Gasteiger charge is 2.21. The van der Waals surface area contributed by atoms with Crippen molar-refractivity contribution < 1.29 is 10.2 Å². The Bertz CT molecular complexity index is 712. The van der Waals surface area contributed by atoms with Crippen LogP contribution >= 0.6 is 8.58 Å². The van der Waals surface area contributed by atoms with Gasteiger partial charge in [0.2, 0.25) is 0 Å². The number of aliphatic hydroxyl groups is 1. The zero-order valence-electron chi connectivity index (χ0n) is 14.9. The van der Waals surface area contributed by atoms with Crippen LogP contribution in [0.4, 0.5) is 0 Å². The topological polar surface area (TPSA) is 40.5 Å². The number of aromatic hydroxyl groups is 1. The van der Waals surface area contributed by atoms with Gasteiger partial charge in [-0.25, -0.2) is 0 Å². The number of phenols is 1. The molecule has 2 atom stereocenters. The highest BCUT2D eigenvalue weighted by molar-refractivity contribution is 7.55. The summed E-state index contributed by atoms with van der Waals surface area (Å²) in [6.45, 7) is 12.2. The van der Waals surface area contributed by atoms with Crippen molar-refractivity contribution in [3.8, 4) is 5.75 Å². The lowest BCUT2D eigenvalue weighted by atomic mass is 9.85. The van der Waals surface area contributed by atoms with Crippen LogP contribution < -0.4 is 10.6 Å². The largest absolute Gasteiger partial charge is 0.507 e. The van der Waals surface area contributed by atoms with E-state index in [-0.39, 0.29) is 5.41 Å². The third-order valence-electron chi connectivity index (χ3n) is 3.99. The van der Waals surface area contributed by atoms with Gasteiger partial charge in [-0.1, -0.05) is 59.2 Å². The van der Waals surface area contributed by atoms with Crippen molar-refractivity contribution in [3.05, 3.63) is 52.6 Å². The Hall–Kier alpha value is -1.37. The van der Waals surface area contributed by atoms with Crippen LogP contribution in [0, 0.1) is 13.8 Å². The monoisotopic (exact) mass is 330 g/mol. The highest BCUT2D eigenvalue weighted by atomic mass is 31.1. The minimum atomic E-state index is -0.508. The fraction of sp³-hybridized carbons (Fsp3) is 0.400. The average Bonchev–Trinajstić information content (AvgIpc) is 2.42. The van der Waals surface area contributed by atoms with Gasteiger partial charge in [0.15, 0.2) is 0 Å². The van der Waals surface area contributed by atoms with Crippen molar-refractivity contribution in [2.45, 2.75) is 53.1 Å². The molecule has 2 rings (SSSR count). The number of rotatable bonds is 3. The summed E-state index contributed by atoms with van der Waals surface area (Å²) in [6, 6.07) is 10.3. The molecule has 23 heavy (non-hydrogen) atoms. The fourth-order valence-corrected chi connectivity index (χ4v) is 4.17. The number of hydrogen-bond donors (Lipinski definition) is 2. The van der Waals surface area contributed by atoms with E-state index in [0.717, 1.165) is 32.9 Å². The lowest BCUT2D eigenvalue weighted by Gasteiger charge is -2.23. The first-order valence-electron chi connectivity index (χ1n) is 7.99. The van der Waals surface area contributed by atoms with Gasteiger partial charge in [-0.15, -0.1) is 0 Å². The van der Waals surface area contributed by atoms with Crippen molar-refractivity contribution in [2.24, 2.45) is 0 Å². The summed E-state index contributed by atoms with van der Waals surface area (Å²) < 4.78 is 0. The van der Waals surface area contributed by atoms with E-state index in [9.17, 15) is 10.2 Å². The van der Waals surface area contributed by atoms with Crippen molar-refractivity contribution in [1.29, 1.82) is 0 Å². The molecule has 0 saturated carbocycles. The van der Waals surface area contributed by atoms with Crippen LogP contribution in [0.5, 0.6) is 5.75 Å². The summed E-state index contributed by atoms with van der Waals surface area (Å²) in [7, 11) is 0.325. The molecule has 0 aliphatic rings. The molecule has 0 saturated heterocycles. The van der Waals surface area contributed by atoms with Gasteiger partial charge in [0.1, 0.15) is 5.75 Å². The van der Waals surface area contributed by atoms with Gasteiger partial charge in [-0.3, -0.25) is 0 Å². The van der Waals surface area contributed by atoms with Gasteiger partial charge in [0.05, 0.1) is 6.10 Å². The SMILES string of the molecule is Cc1ccc(Pc2cc(C)cc(C(C)(C)C)c2O)c(C(C)O)c1. The molecular formula is C20H27O2P. The molecule has 3 heteroatoms. The Balaban J connectivity index is 2.52. The second kappa shape index (κ2) is 6.63. The molecule has 0 aliphatic heterocycles. The molecule has 2 unspecified atom stereocenters. The smallest absolute Gasteiger partial charge is 0.127 e.